The fraction of sp³-hybridized carbons (Fsp3) is 1.00. The number of hydrogen-bond acceptors (Lipinski definition) is 2. The van der Waals surface area contributed by atoms with Crippen LogP contribution < -0.4 is 5.32 Å². The van der Waals surface area contributed by atoms with Gasteiger partial charge in [0.15, 0.2) is 0 Å². The summed E-state index contributed by atoms with van der Waals surface area (Å²) >= 11 is 0. The molecule has 0 aromatic rings. The Labute approximate surface area is 69.0 Å². The molecule has 1 saturated carbocycles. The molecule has 2 nitrogen and oxygen atoms in total. The van der Waals surface area contributed by atoms with E-state index in [1.807, 2.05) is 0 Å². The summed E-state index contributed by atoms with van der Waals surface area (Å²) < 4.78 is 0. The molecule has 0 radical (unpaired) electrons. The molecule has 1 aliphatic carbocycles. The van der Waals surface area contributed by atoms with E-state index in [1.54, 1.807) is 0 Å². The first kappa shape index (κ1) is 9.01. The van der Waals surface area contributed by atoms with E-state index in [-0.39, 0.29) is 6.61 Å². The summed E-state index contributed by atoms with van der Waals surface area (Å²) in [5, 5.41) is 11.8. The minimum atomic E-state index is 0.258. The maximum atomic E-state index is 8.56. The highest BCUT2D eigenvalue weighted by Gasteiger charge is 2.44. The second-order valence-electron chi connectivity index (χ2n) is 3.92. The summed E-state index contributed by atoms with van der Waals surface area (Å²) in [6, 6.07) is 0. The Kier molecular flexibility index (Phi) is 2.90. The van der Waals surface area contributed by atoms with Crippen molar-refractivity contribution >= 4 is 0 Å². The van der Waals surface area contributed by atoms with Crippen LogP contribution in [0.15, 0.2) is 0 Å². The molecule has 0 aromatic carbocycles. The molecule has 0 heterocycles. The summed E-state index contributed by atoms with van der Waals surface area (Å²) in [7, 11) is 0. The van der Waals surface area contributed by atoms with E-state index in [9.17, 15) is 0 Å². The standard InChI is InChI=1S/C9H19NO/c1-8(2)9(3-4-9)7-10-5-6-11/h8,10-11H,3-7H2,1-2H3. The predicted octanol–water partition coefficient (Wildman–Crippen LogP) is 1.00. The van der Waals surface area contributed by atoms with Gasteiger partial charge in [0.25, 0.3) is 0 Å². The number of rotatable bonds is 5. The first-order valence-corrected chi connectivity index (χ1v) is 4.53. The lowest BCUT2D eigenvalue weighted by Crippen LogP contribution is -2.29. The Balaban J connectivity index is 2.14. The van der Waals surface area contributed by atoms with Gasteiger partial charge in [-0.25, -0.2) is 0 Å². The summed E-state index contributed by atoms with van der Waals surface area (Å²) in [4.78, 5) is 0. The van der Waals surface area contributed by atoms with Crippen LogP contribution in [0.3, 0.4) is 0 Å². The van der Waals surface area contributed by atoms with Gasteiger partial charge in [-0.2, -0.15) is 0 Å². The van der Waals surface area contributed by atoms with E-state index in [0.29, 0.717) is 5.41 Å². The van der Waals surface area contributed by atoms with E-state index >= 15 is 0 Å². The zero-order valence-electron chi connectivity index (χ0n) is 7.56. The molecular formula is C9H19NO. The maximum Gasteiger partial charge on any atom is 0.0555 e. The van der Waals surface area contributed by atoms with Crippen molar-refractivity contribution in [3.05, 3.63) is 0 Å². The fourth-order valence-corrected chi connectivity index (χ4v) is 1.54. The molecular weight excluding hydrogens is 138 g/mol. The molecule has 1 rings (SSSR count). The molecule has 0 atom stereocenters. The molecule has 1 fully saturated rings. The molecule has 0 saturated heterocycles. The highest BCUT2D eigenvalue weighted by atomic mass is 16.3. The molecule has 11 heavy (non-hydrogen) atoms. The topological polar surface area (TPSA) is 32.3 Å². The number of nitrogens with one attached hydrogen (secondary N) is 1. The first-order valence-electron chi connectivity index (χ1n) is 4.53. The van der Waals surface area contributed by atoms with Crippen molar-refractivity contribution in [1.29, 1.82) is 0 Å². The van der Waals surface area contributed by atoms with Gasteiger partial charge in [0.1, 0.15) is 0 Å². The van der Waals surface area contributed by atoms with Gasteiger partial charge >= 0.3 is 0 Å². The van der Waals surface area contributed by atoms with Crippen molar-refractivity contribution in [1.82, 2.24) is 5.32 Å². The quantitative estimate of drug-likeness (QED) is 0.584. The van der Waals surface area contributed by atoms with Gasteiger partial charge in [0, 0.05) is 13.1 Å². The smallest absolute Gasteiger partial charge is 0.0555 e. The Bertz CT molecular complexity index is 119. The molecule has 0 unspecified atom stereocenters. The van der Waals surface area contributed by atoms with Crippen molar-refractivity contribution < 1.29 is 5.11 Å². The van der Waals surface area contributed by atoms with E-state index < -0.39 is 0 Å². The van der Waals surface area contributed by atoms with Gasteiger partial charge < -0.3 is 10.4 Å². The van der Waals surface area contributed by atoms with Crippen LogP contribution in [0.5, 0.6) is 0 Å². The van der Waals surface area contributed by atoms with Crippen LogP contribution in [0.2, 0.25) is 0 Å². The Morgan fingerprint density at radius 3 is 2.45 bits per heavy atom. The van der Waals surface area contributed by atoms with Crippen LogP contribution in [0.25, 0.3) is 0 Å². The molecule has 0 bridgehead atoms. The normalized spacial score (nSPS) is 20.7. The molecule has 0 aliphatic heterocycles. The molecule has 66 valence electrons. The van der Waals surface area contributed by atoms with Crippen LogP contribution in [0.1, 0.15) is 26.7 Å². The average molecular weight is 157 g/mol. The molecule has 0 aromatic heterocycles. The number of aliphatic hydroxyl groups excluding tert-OH is 1. The Morgan fingerprint density at radius 1 is 1.45 bits per heavy atom. The van der Waals surface area contributed by atoms with E-state index in [1.165, 1.54) is 12.8 Å². The lowest BCUT2D eigenvalue weighted by Gasteiger charge is -2.19. The third-order valence-corrected chi connectivity index (χ3v) is 2.88. The second kappa shape index (κ2) is 3.55. The lowest BCUT2D eigenvalue weighted by molar-refractivity contribution is 0.274. The van der Waals surface area contributed by atoms with Gasteiger partial charge in [0.05, 0.1) is 6.61 Å². The number of hydrogen-bond donors (Lipinski definition) is 2. The largest absolute Gasteiger partial charge is 0.395 e. The summed E-state index contributed by atoms with van der Waals surface area (Å²) in [6.45, 7) is 6.66. The van der Waals surface area contributed by atoms with Crippen molar-refractivity contribution in [2.45, 2.75) is 26.7 Å². The molecule has 2 heteroatoms. The highest BCUT2D eigenvalue weighted by molar-refractivity contribution is 4.96. The van der Waals surface area contributed by atoms with Crippen LogP contribution in [-0.2, 0) is 0 Å². The van der Waals surface area contributed by atoms with Crippen molar-refractivity contribution in [3.8, 4) is 0 Å². The molecule has 0 spiro atoms. The SMILES string of the molecule is CC(C)C1(CNCCO)CC1. The van der Waals surface area contributed by atoms with Crippen molar-refractivity contribution in [2.75, 3.05) is 19.7 Å². The maximum absolute atomic E-state index is 8.56. The van der Waals surface area contributed by atoms with E-state index in [4.69, 9.17) is 5.11 Å². The van der Waals surface area contributed by atoms with Gasteiger partial charge in [-0.05, 0) is 24.2 Å². The third kappa shape index (κ3) is 2.17. The second-order valence-corrected chi connectivity index (χ2v) is 3.92. The lowest BCUT2D eigenvalue weighted by atomic mass is 9.92. The average Bonchev–Trinajstić information content (AvgIpc) is 2.70. The number of aliphatic hydroxyl groups is 1. The molecule has 0 amide bonds. The van der Waals surface area contributed by atoms with Crippen molar-refractivity contribution in [2.24, 2.45) is 11.3 Å². The minimum Gasteiger partial charge on any atom is -0.395 e. The third-order valence-electron chi connectivity index (χ3n) is 2.88. The predicted molar refractivity (Wildman–Crippen MR) is 46.5 cm³/mol. The zero-order chi connectivity index (χ0) is 8.32. The first-order chi connectivity index (χ1) is 5.21. The van der Waals surface area contributed by atoms with Crippen LogP contribution >= 0.6 is 0 Å². The monoisotopic (exact) mass is 157 g/mol. The van der Waals surface area contributed by atoms with Gasteiger partial charge in [0.2, 0.25) is 0 Å². The van der Waals surface area contributed by atoms with Crippen LogP contribution in [0, 0.1) is 11.3 Å². The van der Waals surface area contributed by atoms with Crippen LogP contribution in [-0.4, -0.2) is 24.8 Å². The van der Waals surface area contributed by atoms with Gasteiger partial charge in [-0.3, -0.25) is 0 Å². The van der Waals surface area contributed by atoms with E-state index in [2.05, 4.69) is 19.2 Å². The fourth-order valence-electron chi connectivity index (χ4n) is 1.54. The summed E-state index contributed by atoms with van der Waals surface area (Å²) in [5.41, 5.74) is 0.579. The molecule has 1 aliphatic rings. The zero-order valence-corrected chi connectivity index (χ0v) is 7.56. The van der Waals surface area contributed by atoms with E-state index in [0.717, 1.165) is 19.0 Å². The van der Waals surface area contributed by atoms with Gasteiger partial charge in [-0.1, -0.05) is 13.8 Å². The Morgan fingerprint density at radius 2 is 2.09 bits per heavy atom. The Hall–Kier alpha value is -0.0800. The van der Waals surface area contributed by atoms with Crippen LogP contribution in [0.4, 0.5) is 0 Å². The highest BCUT2D eigenvalue weighted by Crippen LogP contribution is 2.51. The summed E-state index contributed by atoms with van der Waals surface area (Å²) in [6.07, 6.45) is 2.73. The summed E-state index contributed by atoms with van der Waals surface area (Å²) in [5.74, 6) is 0.786. The molecule has 2 N–H and O–H groups in total. The van der Waals surface area contributed by atoms with Gasteiger partial charge in [-0.15, -0.1) is 0 Å². The minimum absolute atomic E-state index is 0.258. The van der Waals surface area contributed by atoms with Crippen molar-refractivity contribution in [3.63, 3.8) is 0 Å².